The van der Waals surface area contributed by atoms with Crippen LogP contribution in [0, 0.1) is 10.8 Å². The average molecular weight is 249 g/mol. The molecule has 1 spiro atoms. The molecule has 1 saturated heterocycles. The summed E-state index contributed by atoms with van der Waals surface area (Å²) >= 11 is 0. The smallest absolute Gasteiger partial charge is 0.0545 e. The van der Waals surface area contributed by atoms with Gasteiger partial charge in [0.25, 0.3) is 0 Å². The van der Waals surface area contributed by atoms with Gasteiger partial charge in [-0.25, -0.2) is 0 Å². The highest BCUT2D eigenvalue weighted by atomic mass is 16.5. The molecule has 18 heavy (non-hydrogen) atoms. The molecule has 3 aliphatic rings. The SMILES string of the molecule is CC(C)(C)C1=CCC(NC2CC3(COC3)C2)CC1. The highest BCUT2D eigenvalue weighted by molar-refractivity contribution is 5.15. The van der Waals surface area contributed by atoms with Crippen molar-refractivity contribution in [3.8, 4) is 0 Å². The second-order valence-corrected chi connectivity index (χ2v) is 7.72. The first-order valence-electron chi connectivity index (χ1n) is 7.50. The van der Waals surface area contributed by atoms with Crippen molar-refractivity contribution in [3.63, 3.8) is 0 Å². The van der Waals surface area contributed by atoms with Crippen LogP contribution >= 0.6 is 0 Å². The molecule has 2 nitrogen and oxygen atoms in total. The first-order chi connectivity index (χ1) is 8.47. The number of hydrogen-bond acceptors (Lipinski definition) is 2. The van der Waals surface area contributed by atoms with Crippen LogP contribution in [0.2, 0.25) is 0 Å². The number of rotatable bonds is 2. The number of hydrogen-bond donors (Lipinski definition) is 1. The molecule has 0 bridgehead atoms. The Morgan fingerprint density at radius 2 is 1.94 bits per heavy atom. The third kappa shape index (κ3) is 2.37. The van der Waals surface area contributed by atoms with Crippen molar-refractivity contribution in [3.05, 3.63) is 11.6 Å². The van der Waals surface area contributed by atoms with E-state index in [4.69, 9.17) is 4.74 Å². The summed E-state index contributed by atoms with van der Waals surface area (Å²) in [6, 6.07) is 1.49. The van der Waals surface area contributed by atoms with Crippen LogP contribution in [0.1, 0.15) is 52.9 Å². The summed E-state index contributed by atoms with van der Waals surface area (Å²) in [5, 5.41) is 3.85. The van der Waals surface area contributed by atoms with E-state index >= 15 is 0 Å². The van der Waals surface area contributed by atoms with Crippen LogP contribution < -0.4 is 5.32 Å². The van der Waals surface area contributed by atoms with Crippen molar-refractivity contribution in [2.75, 3.05) is 13.2 Å². The lowest BCUT2D eigenvalue weighted by Crippen LogP contribution is -2.60. The first kappa shape index (κ1) is 12.7. The Morgan fingerprint density at radius 1 is 1.22 bits per heavy atom. The molecular weight excluding hydrogens is 222 g/mol. The topological polar surface area (TPSA) is 21.3 Å². The number of nitrogens with one attached hydrogen (secondary N) is 1. The Bertz CT molecular complexity index is 341. The zero-order valence-corrected chi connectivity index (χ0v) is 12.1. The molecule has 0 aromatic carbocycles. The van der Waals surface area contributed by atoms with E-state index in [9.17, 15) is 0 Å². The minimum Gasteiger partial charge on any atom is -0.380 e. The normalized spacial score (nSPS) is 31.7. The summed E-state index contributed by atoms with van der Waals surface area (Å²) in [5.74, 6) is 0. The molecule has 2 aliphatic carbocycles. The van der Waals surface area contributed by atoms with E-state index in [1.165, 1.54) is 32.1 Å². The van der Waals surface area contributed by atoms with E-state index in [2.05, 4.69) is 32.2 Å². The van der Waals surface area contributed by atoms with Crippen LogP contribution in [-0.4, -0.2) is 25.3 Å². The summed E-state index contributed by atoms with van der Waals surface area (Å²) in [7, 11) is 0. The zero-order chi connectivity index (χ0) is 12.8. The minimum absolute atomic E-state index is 0.370. The second-order valence-electron chi connectivity index (χ2n) is 7.72. The van der Waals surface area contributed by atoms with Gasteiger partial charge in [-0.15, -0.1) is 0 Å². The summed E-state index contributed by atoms with van der Waals surface area (Å²) < 4.78 is 5.33. The molecule has 0 aromatic heterocycles. The molecule has 102 valence electrons. The second kappa shape index (κ2) is 4.35. The summed E-state index contributed by atoms with van der Waals surface area (Å²) in [4.78, 5) is 0. The maximum absolute atomic E-state index is 5.33. The maximum Gasteiger partial charge on any atom is 0.0545 e. The van der Waals surface area contributed by atoms with E-state index in [1.807, 2.05) is 0 Å². The van der Waals surface area contributed by atoms with Gasteiger partial charge in [-0.2, -0.15) is 0 Å². The van der Waals surface area contributed by atoms with Crippen LogP contribution in [0.4, 0.5) is 0 Å². The lowest BCUT2D eigenvalue weighted by atomic mass is 9.64. The van der Waals surface area contributed by atoms with Gasteiger partial charge < -0.3 is 10.1 Å². The summed E-state index contributed by atoms with van der Waals surface area (Å²) in [5.41, 5.74) is 2.62. The van der Waals surface area contributed by atoms with Crippen LogP contribution in [0.5, 0.6) is 0 Å². The summed E-state index contributed by atoms with van der Waals surface area (Å²) in [6.07, 6.45) is 9.01. The van der Waals surface area contributed by atoms with E-state index in [-0.39, 0.29) is 0 Å². The monoisotopic (exact) mass is 249 g/mol. The fourth-order valence-electron chi connectivity index (χ4n) is 3.73. The average Bonchev–Trinajstić information content (AvgIpc) is 2.19. The Morgan fingerprint density at radius 3 is 2.39 bits per heavy atom. The largest absolute Gasteiger partial charge is 0.380 e. The fraction of sp³-hybridized carbons (Fsp3) is 0.875. The van der Waals surface area contributed by atoms with Crippen molar-refractivity contribution in [2.24, 2.45) is 10.8 Å². The van der Waals surface area contributed by atoms with Gasteiger partial charge in [0.05, 0.1) is 13.2 Å². The van der Waals surface area contributed by atoms with Gasteiger partial charge in [-0.3, -0.25) is 0 Å². The van der Waals surface area contributed by atoms with Crippen LogP contribution in [0.25, 0.3) is 0 Å². The molecule has 1 aliphatic heterocycles. The molecule has 0 radical (unpaired) electrons. The van der Waals surface area contributed by atoms with Crippen molar-refractivity contribution in [1.82, 2.24) is 5.32 Å². The fourth-order valence-corrected chi connectivity index (χ4v) is 3.73. The van der Waals surface area contributed by atoms with Gasteiger partial charge in [0.1, 0.15) is 0 Å². The number of allylic oxidation sites excluding steroid dienone is 1. The van der Waals surface area contributed by atoms with Gasteiger partial charge >= 0.3 is 0 Å². The molecule has 0 aromatic rings. The summed E-state index contributed by atoms with van der Waals surface area (Å²) in [6.45, 7) is 9.03. The van der Waals surface area contributed by atoms with Gasteiger partial charge in [-0.05, 0) is 37.5 Å². The first-order valence-corrected chi connectivity index (χ1v) is 7.50. The van der Waals surface area contributed by atoms with Crippen molar-refractivity contribution < 1.29 is 4.74 Å². The maximum atomic E-state index is 5.33. The predicted molar refractivity (Wildman–Crippen MR) is 74.6 cm³/mol. The Labute approximate surface area is 111 Å². The molecule has 1 saturated carbocycles. The standard InChI is InChI=1S/C16H27NO/c1-15(2,3)12-4-6-13(7-5-12)17-14-8-16(9-14)10-18-11-16/h4,13-14,17H,5-11H2,1-3H3. The van der Waals surface area contributed by atoms with E-state index in [0.29, 0.717) is 10.8 Å². The minimum atomic E-state index is 0.370. The highest BCUT2D eigenvalue weighted by Crippen LogP contribution is 2.47. The van der Waals surface area contributed by atoms with Crippen molar-refractivity contribution >= 4 is 0 Å². The lowest BCUT2D eigenvalue weighted by molar-refractivity contribution is -0.168. The third-order valence-corrected chi connectivity index (χ3v) is 5.02. The van der Waals surface area contributed by atoms with Gasteiger partial charge in [0, 0.05) is 17.5 Å². The molecule has 2 fully saturated rings. The lowest BCUT2D eigenvalue weighted by Gasteiger charge is -2.54. The van der Waals surface area contributed by atoms with Crippen LogP contribution in [-0.2, 0) is 4.74 Å². The molecule has 2 heteroatoms. The third-order valence-electron chi connectivity index (χ3n) is 5.02. The van der Waals surface area contributed by atoms with E-state index in [1.54, 1.807) is 5.57 Å². The Balaban J connectivity index is 1.45. The molecule has 1 unspecified atom stereocenters. The Kier molecular flexibility index (Phi) is 3.06. The van der Waals surface area contributed by atoms with Gasteiger partial charge in [0.2, 0.25) is 0 Å². The zero-order valence-electron chi connectivity index (χ0n) is 12.1. The van der Waals surface area contributed by atoms with Crippen LogP contribution in [0.15, 0.2) is 11.6 Å². The molecule has 3 rings (SSSR count). The quantitative estimate of drug-likeness (QED) is 0.758. The molecule has 1 atom stereocenters. The van der Waals surface area contributed by atoms with Crippen molar-refractivity contribution in [1.29, 1.82) is 0 Å². The van der Waals surface area contributed by atoms with E-state index < -0.39 is 0 Å². The molecule has 0 amide bonds. The van der Waals surface area contributed by atoms with E-state index in [0.717, 1.165) is 25.3 Å². The molecule has 1 N–H and O–H groups in total. The molecular formula is C16H27NO. The van der Waals surface area contributed by atoms with Gasteiger partial charge in [0.15, 0.2) is 0 Å². The van der Waals surface area contributed by atoms with Crippen LogP contribution in [0.3, 0.4) is 0 Å². The Hall–Kier alpha value is -0.340. The predicted octanol–water partition coefficient (Wildman–Crippen LogP) is 3.28. The van der Waals surface area contributed by atoms with Gasteiger partial charge in [-0.1, -0.05) is 32.4 Å². The highest BCUT2D eigenvalue weighted by Gasteiger charge is 2.49. The number of ether oxygens (including phenoxy) is 1. The van der Waals surface area contributed by atoms with Crippen molar-refractivity contribution in [2.45, 2.75) is 65.0 Å². The molecule has 1 heterocycles.